The van der Waals surface area contributed by atoms with Gasteiger partial charge in [0, 0.05) is 25.6 Å². The number of hydrogen-bond donors (Lipinski definition) is 0. The smallest absolute Gasteiger partial charge is 0.248 e. The molecule has 0 aromatic carbocycles. The topological polar surface area (TPSA) is 47.8 Å². The van der Waals surface area contributed by atoms with E-state index in [4.69, 9.17) is 11.6 Å². The summed E-state index contributed by atoms with van der Waals surface area (Å²) in [6, 6.07) is 3.31. The molecule has 0 atom stereocenters. The Morgan fingerprint density at radius 2 is 2.20 bits per heavy atom. The number of aromatic nitrogens is 3. The summed E-state index contributed by atoms with van der Waals surface area (Å²) in [6.07, 6.45) is 4.79. The van der Waals surface area contributed by atoms with Crippen molar-refractivity contribution in [2.75, 3.05) is 0 Å². The molecule has 5 heteroatoms. The molecule has 0 radical (unpaired) electrons. The van der Waals surface area contributed by atoms with E-state index in [1.165, 1.54) is 6.20 Å². The van der Waals surface area contributed by atoms with Gasteiger partial charge in [-0.3, -0.25) is 9.78 Å². The van der Waals surface area contributed by atoms with Gasteiger partial charge in [-0.1, -0.05) is 11.6 Å². The molecule has 2 aromatic rings. The minimum Gasteiger partial charge on any atom is -0.331 e. The molecule has 0 aliphatic carbocycles. The van der Waals surface area contributed by atoms with Crippen LogP contribution in [0.4, 0.5) is 0 Å². The number of pyridine rings is 1. The van der Waals surface area contributed by atoms with Crippen LogP contribution in [0.1, 0.15) is 16.3 Å². The van der Waals surface area contributed by atoms with E-state index in [-0.39, 0.29) is 11.5 Å². The molecule has 0 saturated carbocycles. The van der Waals surface area contributed by atoms with E-state index in [1.807, 2.05) is 0 Å². The Bertz CT molecular complexity index is 507. The van der Waals surface area contributed by atoms with Gasteiger partial charge < -0.3 is 4.57 Å². The van der Waals surface area contributed by atoms with E-state index in [9.17, 15) is 4.79 Å². The first-order chi connectivity index (χ1) is 7.20. The number of nitrogens with zero attached hydrogens (tertiary/aromatic N) is 3. The molecule has 4 nitrogen and oxygen atoms in total. The number of halogens is 1. The quantitative estimate of drug-likeness (QED) is 0.726. The highest BCUT2D eigenvalue weighted by Crippen LogP contribution is 2.15. The Balaban J connectivity index is 2.46. The highest BCUT2D eigenvalue weighted by molar-refractivity contribution is 6.34. The third-order valence-electron chi connectivity index (χ3n) is 2.00. The van der Waals surface area contributed by atoms with Gasteiger partial charge in [-0.15, -0.1) is 0 Å². The maximum absolute atomic E-state index is 11.9. The first-order valence-corrected chi connectivity index (χ1v) is 4.70. The standard InChI is InChI=1S/C10H8ClN3O/c1-14-6-5-13-10(14)9(15)8-7(11)3-2-4-12-8/h2-6H,1H3. The van der Waals surface area contributed by atoms with Crippen LogP contribution < -0.4 is 0 Å². The Hall–Kier alpha value is -1.68. The molecule has 0 aliphatic heterocycles. The molecule has 0 unspecified atom stereocenters. The van der Waals surface area contributed by atoms with Crippen LogP contribution in [-0.2, 0) is 7.05 Å². The predicted molar refractivity (Wildman–Crippen MR) is 55.9 cm³/mol. The summed E-state index contributed by atoms with van der Waals surface area (Å²) in [5.74, 6) is 0.0590. The van der Waals surface area contributed by atoms with Crippen molar-refractivity contribution in [2.24, 2.45) is 7.05 Å². The lowest BCUT2D eigenvalue weighted by Gasteiger charge is -2.01. The van der Waals surface area contributed by atoms with Gasteiger partial charge in [0.15, 0.2) is 5.82 Å². The van der Waals surface area contributed by atoms with Gasteiger partial charge in [-0.05, 0) is 12.1 Å². The summed E-state index contributed by atoms with van der Waals surface area (Å²) in [7, 11) is 1.75. The number of hydrogen-bond acceptors (Lipinski definition) is 3. The van der Waals surface area contributed by atoms with Crippen molar-refractivity contribution in [3.63, 3.8) is 0 Å². The zero-order valence-corrected chi connectivity index (χ0v) is 8.77. The third kappa shape index (κ3) is 1.76. The lowest BCUT2D eigenvalue weighted by molar-refractivity contribution is 0.102. The van der Waals surface area contributed by atoms with Crippen LogP contribution in [-0.4, -0.2) is 20.3 Å². The molecule has 0 N–H and O–H groups in total. The van der Waals surface area contributed by atoms with Gasteiger partial charge in [0.2, 0.25) is 5.78 Å². The van der Waals surface area contributed by atoms with Crippen molar-refractivity contribution >= 4 is 17.4 Å². The predicted octanol–water partition coefficient (Wildman–Crippen LogP) is 1.70. The zero-order valence-electron chi connectivity index (χ0n) is 8.01. The summed E-state index contributed by atoms with van der Waals surface area (Å²) >= 11 is 5.87. The second kappa shape index (κ2) is 3.82. The van der Waals surface area contributed by atoms with Gasteiger partial charge in [-0.2, -0.15) is 0 Å². The van der Waals surface area contributed by atoms with Crippen molar-refractivity contribution < 1.29 is 4.79 Å². The second-order valence-corrected chi connectivity index (χ2v) is 3.43. The summed E-state index contributed by atoms with van der Waals surface area (Å²) in [4.78, 5) is 19.8. The molecular formula is C10H8ClN3O. The van der Waals surface area contributed by atoms with Gasteiger partial charge in [0.1, 0.15) is 5.69 Å². The molecule has 2 heterocycles. The first-order valence-electron chi connectivity index (χ1n) is 4.32. The fourth-order valence-electron chi connectivity index (χ4n) is 1.24. The summed E-state index contributed by atoms with van der Waals surface area (Å²) in [5.41, 5.74) is 0.230. The van der Waals surface area contributed by atoms with Crippen LogP contribution in [0.2, 0.25) is 5.02 Å². The molecule has 2 rings (SSSR count). The maximum Gasteiger partial charge on any atom is 0.248 e. The zero-order chi connectivity index (χ0) is 10.8. The van der Waals surface area contributed by atoms with Crippen LogP contribution in [0.15, 0.2) is 30.7 Å². The summed E-state index contributed by atoms with van der Waals surface area (Å²) < 4.78 is 1.63. The van der Waals surface area contributed by atoms with E-state index in [2.05, 4.69) is 9.97 Å². The van der Waals surface area contributed by atoms with Crippen LogP contribution in [0.25, 0.3) is 0 Å². The van der Waals surface area contributed by atoms with E-state index in [0.717, 1.165) is 0 Å². The molecule has 0 saturated heterocycles. The minimum absolute atomic E-state index is 0.230. The number of aryl methyl sites for hydroxylation is 1. The Kier molecular flexibility index (Phi) is 2.51. The average molecular weight is 222 g/mol. The fourth-order valence-corrected chi connectivity index (χ4v) is 1.45. The Labute approximate surface area is 91.5 Å². The minimum atomic E-state index is -0.270. The van der Waals surface area contributed by atoms with Crippen molar-refractivity contribution in [2.45, 2.75) is 0 Å². The van der Waals surface area contributed by atoms with Crippen LogP contribution in [0, 0.1) is 0 Å². The van der Waals surface area contributed by atoms with E-state index in [1.54, 1.807) is 36.1 Å². The molecule has 76 valence electrons. The normalized spacial score (nSPS) is 10.3. The number of imidazole rings is 1. The number of carbonyl (C=O) groups excluding carboxylic acids is 1. The molecule has 0 bridgehead atoms. The highest BCUT2D eigenvalue weighted by atomic mass is 35.5. The van der Waals surface area contributed by atoms with Crippen molar-refractivity contribution in [3.8, 4) is 0 Å². The number of carbonyl (C=O) groups is 1. The van der Waals surface area contributed by atoms with Gasteiger partial charge >= 0.3 is 0 Å². The lowest BCUT2D eigenvalue weighted by Crippen LogP contribution is -2.10. The van der Waals surface area contributed by atoms with Crippen molar-refractivity contribution in [3.05, 3.63) is 47.3 Å². The van der Waals surface area contributed by atoms with Crippen molar-refractivity contribution in [1.29, 1.82) is 0 Å². The largest absolute Gasteiger partial charge is 0.331 e. The highest BCUT2D eigenvalue weighted by Gasteiger charge is 2.17. The van der Waals surface area contributed by atoms with Gasteiger partial charge in [-0.25, -0.2) is 4.98 Å². The van der Waals surface area contributed by atoms with Crippen LogP contribution in [0.3, 0.4) is 0 Å². The van der Waals surface area contributed by atoms with Gasteiger partial charge in [0.05, 0.1) is 5.02 Å². The van der Waals surface area contributed by atoms with Crippen molar-refractivity contribution in [1.82, 2.24) is 14.5 Å². The average Bonchev–Trinajstić information content (AvgIpc) is 2.64. The van der Waals surface area contributed by atoms with E-state index in [0.29, 0.717) is 10.8 Å². The lowest BCUT2D eigenvalue weighted by atomic mass is 10.2. The second-order valence-electron chi connectivity index (χ2n) is 3.02. The SMILES string of the molecule is Cn1ccnc1C(=O)c1ncccc1Cl. The van der Waals surface area contributed by atoms with Gasteiger partial charge in [0.25, 0.3) is 0 Å². The monoisotopic (exact) mass is 221 g/mol. The molecule has 0 aliphatic rings. The molecule has 0 amide bonds. The summed E-state index contributed by atoms with van der Waals surface area (Å²) in [5, 5.41) is 0.338. The number of ketones is 1. The third-order valence-corrected chi connectivity index (χ3v) is 2.30. The van der Waals surface area contributed by atoms with Crippen LogP contribution in [0.5, 0.6) is 0 Å². The molecule has 0 spiro atoms. The summed E-state index contributed by atoms with van der Waals surface area (Å²) in [6.45, 7) is 0. The van der Waals surface area contributed by atoms with E-state index < -0.39 is 0 Å². The van der Waals surface area contributed by atoms with E-state index >= 15 is 0 Å². The van der Waals surface area contributed by atoms with Crippen LogP contribution >= 0.6 is 11.6 Å². The molecular weight excluding hydrogens is 214 g/mol. The molecule has 2 aromatic heterocycles. The number of rotatable bonds is 2. The molecule has 15 heavy (non-hydrogen) atoms. The Morgan fingerprint density at radius 1 is 1.40 bits per heavy atom. The first kappa shape index (κ1) is 9.86. The Morgan fingerprint density at radius 3 is 2.80 bits per heavy atom. The molecule has 0 fully saturated rings. The fraction of sp³-hybridized carbons (Fsp3) is 0.100. The maximum atomic E-state index is 11.9.